The number of carbonyl (C=O) groups excluding carboxylic acids is 2. The Morgan fingerprint density at radius 1 is 0.697 bits per heavy atom. The smallest absolute Gasteiger partial charge is 0.290 e. The van der Waals surface area contributed by atoms with Crippen LogP contribution in [0.5, 0.6) is 0 Å². The molecule has 0 atom stereocenters. The van der Waals surface area contributed by atoms with E-state index in [-0.39, 0.29) is 0 Å². The van der Waals surface area contributed by atoms with E-state index in [1.165, 1.54) is 0 Å². The fourth-order valence-electron chi connectivity index (χ4n) is 3.11. The molecule has 0 saturated heterocycles. The molecule has 0 spiro atoms. The van der Waals surface area contributed by atoms with Crippen LogP contribution in [0.2, 0.25) is 0 Å². The van der Waals surface area contributed by atoms with E-state index in [1.54, 1.807) is 24.3 Å². The Bertz CT molecular complexity index is 828. The summed E-state index contributed by atoms with van der Waals surface area (Å²) in [6, 6.07) is 14.3. The zero-order chi connectivity index (χ0) is 24.6. The first-order valence-corrected chi connectivity index (χ1v) is 11.6. The van der Waals surface area contributed by atoms with Crippen LogP contribution in [-0.2, 0) is 19.6 Å². The molecular weight excluding hydrogens is 420 g/mol. The lowest BCUT2D eigenvalue weighted by Gasteiger charge is -2.32. The third kappa shape index (κ3) is 7.14. The minimum atomic E-state index is -1.09. The Morgan fingerprint density at radius 2 is 1.03 bits per heavy atom. The molecule has 0 aliphatic heterocycles. The Hall–Kier alpha value is -2.70. The van der Waals surface area contributed by atoms with E-state index < -0.39 is 23.6 Å². The van der Waals surface area contributed by atoms with E-state index in [2.05, 4.69) is 27.7 Å². The maximum absolute atomic E-state index is 12.5. The summed E-state index contributed by atoms with van der Waals surface area (Å²) >= 11 is 0. The van der Waals surface area contributed by atoms with Gasteiger partial charge in [-0.3, -0.25) is 9.78 Å². The largest absolute Gasteiger partial charge is 0.373 e. The number of carbonyl (C=O) groups is 2. The standard InChI is InChI=1S/C27H36O6/c1-8-27(7,9-2)26(32-30-24(28)22-14-10-20(11-15-22)18(3)4)33-31-25(29)23-16-12-21(13-17-23)19(5)6/h10-19,26H,8-9H2,1-7H3. The molecule has 33 heavy (non-hydrogen) atoms. The van der Waals surface area contributed by atoms with Crippen LogP contribution in [0.25, 0.3) is 0 Å². The average Bonchev–Trinajstić information content (AvgIpc) is 2.83. The Morgan fingerprint density at radius 3 is 1.30 bits per heavy atom. The zero-order valence-electron chi connectivity index (χ0n) is 20.7. The molecule has 2 rings (SSSR count). The summed E-state index contributed by atoms with van der Waals surface area (Å²) in [6.45, 7) is 14.1. The first-order chi connectivity index (χ1) is 15.6. The van der Waals surface area contributed by atoms with Gasteiger partial charge in [0.25, 0.3) is 6.29 Å². The van der Waals surface area contributed by atoms with Crippen molar-refractivity contribution in [2.45, 2.75) is 79.4 Å². The highest BCUT2D eigenvalue weighted by Gasteiger charge is 2.37. The summed E-state index contributed by atoms with van der Waals surface area (Å²) in [5.41, 5.74) is 2.40. The molecule has 6 heteroatoms. The van der Waals surface area contributed by atoms with Crippen molar-refractivity contribution in [1.82, 2.24) is 0 Å². The molecule has 0 radical (unpaired) electrons. The molecule has 0 N–H and O–H groups in total. The van der Waals surface area contributed by atoms with Crippen molar-refractivity contribution < 1.29 is 29.1 Å². The molecule has 6 nitrogen and oxygen atoms in total. The second kappa shape index (κ2) is 12.0. The number of rotatable bonds is 11. The predicted octanol–water partition coefficient (Wildman–Crippen LogP) is 6.96. The van der Waals surface area contributed by atoms with Crippen LogP contribution in [0.15, 0.2) is 48.5 Å². The highest BCUT2D eigenvalue weighted by Crippen LogP contribution is 2.33. The number of hydrogen-bond acceptors (Lipinski definition) is 6. The van der Waals surface area contributed by atoms with Crippen molar-refractivity contribution in [3.63, 3.8) is 0 Å². The fourth-order valence-corrected chi connectivity index (χ4v) is 3.11. The monoisotopic (exact) mass is 456 g/mol. The number of hydrogen-bond donors (Lipinski definition) is 0. The van der Waals surface area contributed by atoms with Crippen molar-refractivity contribution in [3.05, 3.63) is 70.8 Å². The lowest BCUT2D eigenvalue weighted by molar-refractivity contribution is -0.445. The SMILES string of the molecule is CCC(C)(CC)C(OOC(=O)c1ccc(C(C)C)cc1)OOC(=O)c1ccc(C(C)C)cc1. The van der Waals surface area contributed by atoms with Gasteiger partial charge in [0.15, 0.2) is 0 Å². The highest BCUT2D eigenvalue weighted by atomic mass is 17.3. The van der Waals surface area contributed by atoms with E-state index in [9.17, 15) is 9.59 Å². The molecule has 0 saturated carbocycles. The Labute approximate surface area is 197 Å². The summed E-state index contributed by atoms with van der Waals surface area (Å²) in [5.74, 6) is -0.585. The summed E-state index contributed by atoms with van der Waals surface area (Å²) in [6.07, 6.45) is 0.204. The quantitative estimate of drug-likeness (QED) is 0.207. The maximum Gasteiger partial charge on any atom is 0.373 e. The Balaban J connectivity index is 2.05. The van der Waals surface area contributed by atoms with Crippen LogP contribution in [0.3, 0.4) is 0 Å². The van der Waals surface area contributed by atoms with Gasteiger partial charge in [0.1, 0.15) is 0 Å². The van der Waals surface area contributed by atoms with Gasteiger partial charge in [-0.2, -0.15) is 0 Å². The molecule has 0 aliphatic rings. The van der Waals surface area contributed by atoms with Crippen LogP contribution in [0.4, 0.5) is 0 Å². The molecule has 0 unspecified atom stereocenters. The molecule has 0 aromatic heterocycles. The van der Waals surface area contributed by atoms with Gasteiger partial charge in [0.2, 0.25) is 0 Å². The first kappa shape index (κ1) is 26.6. The molecule has 0 fully saturated rings. The van der Waals surface area contributed by atoms with Crippen molar-refractivity contribution in [3.8, 4) is 0 Å². The molecule has 0 heterocycles. The molecule has 0 amide bonds. The van der Waals surface area contributed by atoms with Crippen LogP contribution < -0.4 is 0 Å². The summed E-state index contributed by atoms with van der Waals surface area (Å²) in [4.78, 5) is 45.8. The van der Waals surface area contributed by atoms with Crippen molar-refractivity contribution in [2.75, 3.05) is 0 Å². The minimum Gasteiger partial charge on any atom is -0.290 e. The normalized spacial score (nSPS) is 11.8. The van der Waals surface area contributed by atoms with Crippen LogP contribution in [0.1, 0.15) is 105 Å². The molecular formula is C27H36O6. The van der Waals surface area contributed by atoms with Gasteiger partial charge in [-0.25, -0.2) is 9.59 Å². The first-order valence-electron chi connectivity index (χ1n) is 11.6. The second-order valence-electron chi connectivity index (χ2n) is 9.18. The molecule has 2 aromatic rings. The van der Waals surface area contributed by atoms with Gasteiger partial charge in [-0.15, -0.1) is 9.78 Å². The van der Waals surface area contributed by atoms with Crippen LogP contribution in [-0.4, -0.2) is 18.2 Å². The summed E-state index contributed by atoms with van der Waals surface area (Å²) < 4.78 is 0. The van der Waals surface area contributed by atoms with E-state index in [0.29, 0.717) is 35.8 Å². The second-order valence-corrected chi connectivity index (χ2v) is 9.18. The summed E-state index contributed by atoms with van der Waals surface area (Å²) in [7, 11) is 0. The molecule has 2 aromatic carbocycles. The van der Waals surface area contributed by atoms with Crippen molar-refractivity contribution in [1.29, 1.82) is 0 Å². The molecule has 0 bridgehead atoms. The van der Waals surface area contributed by atoms with Gasteiger partial charge in [-0.1, -0.05) is 72.7 Å². The number of benzene rings is 2. The van der Waals surface area contributed by atoms with E-state index >= 15 is 0 Å². The van der Waals surface area contributed by atoms with E-state index in [4.69, 9.17) is 19.6 Å². The van der Waals surface area contributed by atoms with Crippen molar-refractivity contribution in [2.24, 2.45) is 5.41 Å². The van der Waals surface area contributed by atoms with Gasteiger partial charge in [-0.05, 0) is 60.1 Å². The van der Waals surface area contributed by atoms with Crippen LogP contribution >= 0.6 is 0 Å². The lowest BCUT2D eigenvalue weighted by Crippen LogP contribution is -2.37. The highest BCUT2D eigenvalue weighted by molar-refractivity contribution is 5.89. The minimum absolute atomic E-state index is 0.357. The lowest BCUT2D eigenvalue weighted by atomic mass is 9.84. The predicted molar refractivity (Wildman–Crippen MR) is 127 cm³/mol. The molecule has 0 aliphatic carbocycles. The topological polar surface area (TPSA) is 71.1 Å². The summed E-state index contributed by atoms with van der Waals surface area (Å²) in [5, 5.41) is 0. The third-order valence-corrected chi connectivity index (χ3v) is 6.23. The third-order valence-electron chi connectivity index (χ3n) is 6.23. The fraction of sp³-hybridized carbons (Fsp3) is 0.481. The molecule has 180 valence electrons. The van der Waals surface area contributed by atoms with E-state index in [1.807, 2.05) is 45.0 Å². The Kier molecular flexibility index (Phi) is 9.62. The zero-order valence-corrected chi connectivity index (χ0v) is 20.7. The van der Waals surface area contributed by atoms with E-state index in [0.717, 1.165) is 11.1 Å². The van der Waals surface area contributed by atoms with Gasteiger partial charge >= 0.3 is 11.9 Å². The maximum atomic E-state index is 12.5. The van der Waals surface area contributed by atoms with Gasteiger partial charge < -0.3 is 0 Å². The van der Waals surface area contributed by atoms with Gasteiger partial charge in [0, 0.05) is 5.41 Å². The average molecular weight is 457 g/mol. The van der Waals surface area contributed by atoms with Crippen LogP contribution in [0, 0.1) is 5.41 Å². The van der Waals surface area contributed by atoms with Gasteiger partial charge in [0.05, 0.1) is 11.1 Å². The van der Waals surface area contributed by atoms with Crippen molar-refractivity contribution >= 4 is 11.9 Å².